The van der Waals surface area contributed by atoms with E-state index in [2.05, 4.69) is 12.2 Å². The maximum absolute atomic E-state index is 11.0. The maximum atomic E-state index is 11.0. The van der Waals surface area contributed by atoms with E-state index in [9.17, 15) is 4.79 Å². The van der Waals surface area contributed by atoms with Gasteiger partial charge in [0.1, 0.15) is 0 Å². The van der Waals surface area contributed by atoms with Crippen LogP contribution in [-0.2, 0) is 4.79 Å². The number of unbranched alkanes of at least 4 members (excludes halogenated alkanes) is 1. The van der Waals surface area contributed by atoms with Crippen molar-refractivity contribution in [3.63, 3.8) is 0 Å². The summed E-state index contributed by atoms with van der Waals surface area (Å²) in [7, 11) is 0. The molecule has 1 saturated heterocycles. The Bertz CT molecular complexity index is 164. The Morgan fingerprint density at radius 1 is 1.69 bits per heavy atom. The highest BCUT2D eigenvalue weighted by Gasteiger charge is 2.29. The van der Waals surface area contributed by atoms with Crippen molar-refractivity contribution in [1.82, 2.24) is 5.32 Å². The molecule has 2 atom stereocenters. The van der Waals surface area contributed by atoms with E-state index in [0.717, 1.165) is 38.8 Å². The molecule has 0 bridgehead atoms. The lowest BCUT2D eigenvalue weighted by molar-refractivity contribution is -0.143. The summed E-state index contributed by atoms with van der Waals surface area (Å²) >= 11 is 0. The van der Waals surface area contributed by atoms with E-state index >= 15 is 0 Å². The lowest BCUT2D eigenvalue weighted by atomic mass is 9.87. The molecule has 1 fully saturated rings. The Morgan fingerprint density at radius 3 is 2.92 bits per heavy atom. The minimum absolute atomic E-state index is 0.116. The van der Waals surface area contributed by atoms with Gasteiger partial charge in [-0.1, -0.05) is 19.8 Å². The largest absolute Gasteiger partial charge is 0.481 e. The first-order valence-electron chi connectivity index (χ1n) is 5.19. The number of nitrogens with one attached hydrogen (secondary N) is 1. The number of carbonyl (C=O) groups is 1. The smallest absolute Gasteiger partial charge is 0.306 e. The Balaban J connectivity index is 2.40. The van der Waals surface area contributed by atoms with Crippen molar-refractivity contribution in [2.24, 2.45) is 11.8 Å². The summed E-state index contributed by atoms with van der Waals surface area (Å²) in [5, 5.41) is 12.3. The second-order valence-electron chi connectivity index (χ2n) is 3.84. The fraction of sp³-hybridized carbons (Fsp3) is 0.900. The van der Waals surface area contributed by atoms with Crippen molar-refractivity contribution in [1.29, 1.82) is 0 Å². The second kappa shape index (κ2) is 5.22. The van der Waals surface area contributed by atoms with Gasteiger partial charge in [-0.15, -0.1) is 0 Å². The van der Waals surface area contributed by atoms with Crippen LogP contribution < -0.4 is 5.32 Å². The van der Waals surface area contributed by atoms with E-state index in [0.29, 0.717) is 5.92 Å². The summed E-state index contributed by atoms with van der Waals surface area (Å²) in [6.45, 7) is 3.98. The van der Waals surface area contributed by atoms with Crippen LogP contribution >= 0.6 is 0 Å². The molecule has 0 amide bonds. The summed E-state index contributed by atoms with van der Waals surface area (Å²) in [6.07, 6.45) is 4.00. The molecule has 1 unspecified atom stereocenters. The quantitative estimate of drug-likeness (QED) is 0.682. The zero-order valence-corrected chi connectivity index (χ0v) is 8.25. The summed E-state index contributed by atoms with van der Waals surface area (Å²) < 4.78 is 0. The Labute approximate surface area is 79.5 Å². The summed E-state index contributed by atoms with van der Waals surface area (Å²) in [5.41, 5.74) is 0. The zero-order valence-electron chi connectivity index (χ0n) is 8.25. The van der Waals surface area contributed by atoms with Crippen molar-refractivity contribution in [2.45, 2.75) is 32.6 Å². The predicted octanol–water partition coefficient (Wildman–Crippen LogP) is 1.49. The highest BCUT2D eigenvalue weighted by molar-refractivity contribution is 5.70. The Hall–Kier alpha value is -0.570. The SMILES string of the molecule is CCCCC(C(=O)O)[C@H]1CCNC1. The van der Waals surface area contributed by atoms with Gasteiger partial charge in [-0.2, -0.15) is 0 Å². The lowest BCUT2D eigenvalue weighted by Crippen LogP contribution is -2.25. The van der Waals surface area contributed by atoms with Gasteiger partial charge in [-0.05, 0) is 31.8 Å². The third kappa shape index (κ3) is 2.99. The van der Waals surface area contributed by atoms with Crippen molar-refractivity contribution in [2.75, 3.05) is 13.1 Å². The van der Waals surface area contributed by atoms with Gasteiger partial charge < -0.3 is 10.4 Å². The molecule has 2 N–H and O–H groups in total. The number of rotatable bonds is 5. The van der Waals surface area contributed by atoms with Crippen molar-refractivity contribution in [3.8, 4) is 0 Å². The van der Waals surface area contributed by atoms with E-state index in [-0.39, 0.29) is 5.92 Å². The third-order valence-corrected chi connectivity index (χ3v) is 2.85. The molecule has 0 aliphatic carbocycles. The highest BCUT2D eigenvalue weighted by Crippen LogP contribution is 2.24. The molecule has 1 aliphatic heterocycles. The molecule has 76 valence electrons. The summed E-state index contributed by atoms with van der Waals surface area (Å²) in [6, 6.07) is 0. The molecular formula is C10H19NO2. The maximum Gasteiger partial charge on any atom is 0.306 e. The molecule has 1 heterocycles. The third-order valence-electron chi connectivity index (χ3n) is 2.85. The molecule has 0 aromatic rings. The average Bonchev–Trinajstić information content (AvgIpc) is 2.57. The fourth-order valence-corrected chi connectivity index (χ4v) is 2.01. The molecular weight excluding hydrogens is 166 g/mol. The standard InChI is InChI=1S/C10H19NO2/c1-2-3-4-9(10(12)13)8-5-6-11-7-8/h8-9,11H,2-7H2,1H3,(H,12,13)/t8-,9?/m0/s1. The molecule has 13 heavy (non-hydrogen) atoms. The molecule has 0 aromatic heterocycles. The predicted molar refractivity (Wildman–Crippen MR) is 51.6 cm³/mol. The van der Waals surface area contributed by atoms with Crippen molar-refractivity contribution < 1.29 is 9.90 Å². The van der Waals surface area contributed by atoms with E-state index in [1.807, 2.05) is 0 Å². The van der Waals surface area contributed by atoms with Crippen LogP contribution in [0, 0.1) is 11.8 Å². The molecule has 3 nitrogen and oxygen atoms in total. The van der Waals surface area contributed by atoms with Gasteiger partial charge in [0.25, 0.3) is 0 Å². The molecule has 1 rings (SSSR count). The van der Waals surface area contributed by atoms with E-state index in [1.54, 1.807) is 0 Å². The number of carboxylic acids is 1. The van der Waals surface area contributed by atoms with E-state index in [4.69, 9.17) is 5.11 Å². The first kappa shape index (κ1) is 10.5. The number of hydrogen-bond acceptors (Lipinski definition) is 2. The van der Waals surface area contributed by atoms with Gasteiger partial charge in [-0.3, -0.25) is 4.79 Å². The van der Waals surface area contributed by atoms with Crippen LogP contribution in [0.5, 0.6) is 0 Å². The molecule has 1 aliphatic rings. The van der Waals surface area contributed by atoms with Gasteiger partial charge in [-0.25, -0.2) is 0 Å². The molecule has 0 spiro atoms. The normalized spacial score (nSPS) is 24.5. The minimum Gasteiger partial charge on any atom is -0.481 e. The minimum atomic E-state index is -0.609. The van der Waals surface area contributed by atoms with Crippen LogP contribution in [0.15, 0.2) is 0 Å². The van der Waals surface area contributed by atoms with Crippen LogP contribution in [0.4, 0.5) is 0 Å². The first-order valence-corrected chi connectivity index (χ1v) is 5.19. The van der Waals surface area contributed by atoms with Gasteiger partial charge >= 0.3 is 5.97 Å². The van der Waals surface area contributed by atoms with Crippen LogP contribution in [0.25, 0.3) is 0 Å². The van der Waals surface area contributed by atoms with Crippen LogP contribution in [-0.4, -0.2) is 24.2 Å². The van der Waals surface area contributed by atoms with Crippen molar-refractivity contribution in [3.05, 3.63) is 0 Å². The van der Waals surface area contributed by atoms with Gasteiger partial charge in [0.15, 0.2) is 0 Å². The van der Waals surface area contributed by atoms with Crippen LogP contribution in [0.1, 0.15) is 32.6 Å². The van der Waals surface area contributed by atoms with Crippen LogP contribution in [0.2, 0.25) is 0 Å². The Morgan fingerprint density at radius 2 is 2.46 bits per heavy atom. The molecule has 0 aromatic carbocycles. The van der Waals surface area contributed by atoms with Crippen LogP contribution in [0.3, 0.4) is 0 Å². The van der Waals surface area contributed by atoms with Gasteiger partial charge in [0.2, 0.25) is 0 Å². The Kier molecular flexibility index (Phi) is 4.22. The van der Waals surface area contributed by atoms with Crippen molar-refractivity contribution >= 4 is 5.97 Å². The fourth-order valence-electron chi connectivity index (χ4n) is 2.01. The summed E-state index contributed by atoms with van der Waals surface area (Å²) in [4.78, 5) is 11.0. The summed E-state index contributed by atoms with van der Waals surface area (Å²) in [5.74, 6) is -0.360. The first-order chi connectivity index (χ1) is 6.25. The van der Waals surface area contributed by atoms with Gasteiger partial charge in [0, 0.05) is 0 Å². The van der Waals surface area contributed by atoms with E-state index in [1.165, 1.54) is 0 Å². The van der Waals surface area contributed by atoms with E-state index < -0.39 is 5.97 Å². The number of carboxylic acid groups (broad SMARTS) is 1. The molecule has 3 heteroatoms. The monoisotopic (exact) mass is 185 g/mol. The molecule has 0 saturated carbocycles. The average molecular weight is 185 g/mol. The number of aliphatic carboxylic acids is 1. The highest BCUT2D eigenvalue weighted by atomic mass is 16.4. The molecule has 0 radical (unpaired) electrons. The zero-order chi connectivity index (χ0) is 9.68. The number of hydrogen-bond donors (Lipinski definition) is 2. The van der Waals surface area contributed by atoms with Gasteiger partial charge in [0.05, 0.1) is 5.92 Å². The topological polar surface area (TPSA) is 49.3 Å². The lowest BCUT2D eigenvalue weighted by Gasteiger charge is -2.17. The second-order valence-corrected chi connectivity index (χ2v) is 3.84.